The smallest absolute Gasteiger partial charge is 0.323 e. The number of para-hydroxylation sites is 1. The number of anilines is 2. The summed E-state index contributed by atoms with van der Waals surface area (Å²) in [5, 5.41) is 12.7. The van der Waals surface area contributed by atoms with Gasteiger partial charge in [-0.25, -0.2) is 4.79 Å². The van der Waals surface area contributed by atoms with Gasteiger partial charge < -0.3 is 24.9 Å². The number of imidazole rings is 1. The van der Waals surface area contributed by atoms with Crippen molar-refractivity contribution in [2.75, 3.05) is 42.3 Å². The molecule has 4 aromatic rings. The van der Waals surface area contributed by atoms with E-state index < -0.39 is 0 Å². The number of aromatic amines is 2. The molecule has 1 amide bonds. The summed E-state index contributed by atoms with van der Waals surface area (Å²) < 4.78 is 7.62. The first-order valence-electron chi connectivity index (χ1n) is 11.6. The minimum absolute atomic E-state index is 0.108. The van der Waals surface area contributed by atoms with Crippen LogP contribution in [0, 0.1) is 0 Å². The maximum absolute atomic E-state index is 12.6. The van der Waals surface area contributed by atoms with Gasteiger partial charge in [0.1, 0.15) is 0 Å². The maximum atomic E-state index is 12.6. The van der Waals surface area contributed by atoms with Gasteiger partial charge in [0.25, 0.3) is 0 Å². The Morgan fingerprint density at radius 1 is 1.11 bits per heavy atom. The van der Waals surface area contributed by atoms with Crippen LogP contribution in [0.1, 0.15) is 18.9 Å². The Morgan fingerprint density at radius 2 is 1.91 bits per heavy atom. The third kappa shape index (κ3) is 5.10. The van der Waals surface area contributed by atoms with E-state index in [0.717, 1.165) is 36.3 Å². The van der Waals surface area contributed by atoms with E-state index >= 15 is 0 Å². The molecule has 0 bridgehead atoms. The first-order chi connectivity index (χ1) is 17.1. The van der Waals surface area contributed by atoms with Gasteiger partial charge in [-0.2, -0.15) is 0 Å². The molecule has 35 heavy (non-hydrogen) atoms. The molecule has 1 saturated heterocycles. The third-order valence-corrected chi connectivity index (χ3v) is 6.81. The summed E-state index contributed by atoms with van der Waals surface area (Å²) in [6, 6.07) is 13.5. The fourth-order valence-corrected chi connectivity index (χ4v) is 5.01. The number of aromatic nitrogens is 5. The zero-order chi connectivity index (χ0) is 24.2. The lowest BCUT2D eigenvalue weighted by Gasteiger charge is -2.28. The van der Waals surface area contributed by atoms with Crippen molar-refractivity contribution >= 4 is 40.3 Å². The Hall–Kier alpha value is -3.57. The van der Waals surface area contributed by atoms with Gasteiger partial charge in [0, 0.05) is 31.0 Å². The van der Waals surface area contributed by atoms with E-state index in [1.165, 1.54) is 17.3 Å². The SMILES string of the molecule is CCc1ccccc1-n1c(SCCC(=O)Nc2ccc3[nH]c(=O)[nH]c3c2)nnc1N1CCOCC1. The summed E-state index contributed by atoms with van der Waals surface area (Å²) in [5.74, 6) is 1.24. The second-order valence-electron chi connectivity index (χ2n) is 8.19. The van der Waals surface area contributed by atoms with Crippen LogP contribution in [0.4, 0.5) is 11.6 Å². The predicted octanol–water partition coefficient (Wildman–Crippen LogP) is 2.96. The number of fused-ring (bicyclic) bond motifs is 1. The Labute approximate surface area is 206 Å². The van der Waals surface area contributed by atoms with Crippen molar-refractivity contribution in [2.24, 2.45) is 0 Å². The van der Waals surface area contributed by atoms with Crippen LogP contribution >= 0.6 is 11.8 Å². The fourth-order valence-electron chi connectivity index (χ4n) is 4.13. The van der Waals surface area contributed by atoms with Crippen LogP contribution in [-0.4, -0.2) is 62.7 Å². The Morgan fingerprint density at radius 3 is 2.74 bits per heavy atom. The molecule has 0 unspecified atom stereocenters. The van der Waals surface area contributed by atoms with Gasteiger partial charge >= 0.3 is 5.69 Å². The number of nitrogens with one attached hydrogen (secondary N) is 3. The second-order valence-corrected chi connectivity index (χ2v) is 9.25. The van der Waals surface area contributed by atoms with Crippen molar-refractivity contribution in [2.45, 2.75) is 24.9 Å². The van der Waals surface area contributed by atoms with Crippen LogP contribution in [0.3, 0.4) is 0 Å². The van der Waals surface area contributed by atoms with E-state index in [0.29, 0.717) is 42.1 Å². The van der Waals surface area contributed by atoms with Crippen LogP contribution in [0.5, 0.6) is 0 Å². The molecule has 3 N–H and O–H groups in total. The highest BCUT2D eigenvalue weighted by molar-refractivity contribution is 7.99. The number of carbonyl (C=O) groups excluding carboxylic acids is 1. The molecule has 2 aromatic heterocycles. The van der Waals surface area contributed by atoms with Crippen molar-refractivity contribution in [3.05, 3.63) is 58.5 Å². The van der Waals surface area contributed by atoms with E-state index in [1.54, 1.807) is 18.2 Å². The quantitative estimate of drug-likeness (QED) is 0.323. The van der Waals surface area contributed by atoms with Crippen molar-refractivity contribution in [1.82, 2.24) is 24.7 Å². The van der Waals surface area contributed by atoms with Crippen LogP contribution in [0.2, 0.25) is 0 Å². The third-order valence-electron chi connectivity index (χ3n) is 5.88. The highest BCUT2D eigenvalue weighted by atomic mass is 32.2. The number of aryl methyl sites for hydroxylation is 1. The lowest BCUT2D eigenvalue weighted by atomic mass is 10.1. The minimum Gasteiger partial charge on any atom is -0.378 e. The number of nitrogens with zero attached hydrogens (tertiary/aromatic N) is 4. The van der Waals surface area contributed by atoms with Gasteiger partial charge in [-0.05, 0) is 36.2 Å². The Balaban J connectivity index is 1.30. The number of thioether (sulfide) groups is 1. The average Bonchev–Trinajstić information content (AvgIpc) is 3.46. The number of rotatable bonds is 8. The van der Waals surface area contributed by atoms with Crippen molar-refractivity contribution < 1.29 is 9.53 Å². The van der Waals surface area contributed by atoms with Crippen LogP contribution in [0.15, 0.2) is 52.4 Å². The monoisotopic (exact) mass is 493 g/mol. The maximum Gasteiger partial charge on any atom is 0.323 e. The number of hydrogen-bond acceptors (Lipinski definition) is 7. The van der Waals surface area contributed by atoms with Crippen molar-refractivity contribution in [1.29, 1.82) is 0 Å². The zero-order valence-electron chi connectivity index (χ0n) is 19.4. The molecule has 0 radical (unpaired) electrons. The molecular weight excluding hydrogens is 466 g/mol. The fraction of sp³-hybridized carbons (Fsp3) is 0.333. The average molecular weight is 494 g/mol. The van der Waals surface area contributed by atoms with E-state index in [2.05, 4.69) is 54.0 Å². The molecule has 1 aliphatic heterocycles. The van der Waals surface area contributed by atoms with Crippen LogP contribution in [0.25, 0.3) is 16.7 Å². The highest BCUT2D eigenvalue weighted by Gasteiger charge is 2.23. The Bertz CT molecular complexity index is 1390. The van der Waals surface area contributed by atoms with E-state index in [4.69, 9.17) is 4.74 Å². The summed E-state index contributed by atoms with van der Waals surface area (Å²) in [6.45, 7) is 4.97. The van der Waals surface area contributed by atoms with Gasteiger partial charge in [0.2, 0.25) is 11.9 Å². The first-order valence-corrected chi connectivity index (χ1v) is 12.6. The largest absolute Gasteiger partial charge is 0.378 e. The van der Waals surface area contributed by atoms with Gasteiger partial charge in [0.15, 0.2) is 5.16 Å². The number of hydrogen-bond donors (Lipinski definition) is 3. The first kappa shape index (κ1) is 23.2. The molecule has 0 saturated carbocycles. The van der Waals surface area contributed by atoms with Gasteiger partial charge in [-0.15, -0.1) is 10.2 Å². The molecule has 2 aromatic carbocycles. The summed E-state index contributed by atoms with van der Waals surface area (Å²) in [6.07, 6.45) is 1.20. The molecule has 182 valence electrons. The van der Waals surface area contributed by atoms with Crippen molar-refractivity contribution in [3.63, 3.8) is 0 Å². The van der Waals surface area contributed by atoms with E-state index in [-0.39, 0.29) is 11.6 Å². The van der Waals surface area contributed by atoms with Gasteiger partial charge in [-0.1, -0.05) is 36.9 Å². The Kier molecular flexibility index (Phi) is 6.87. The van der Waals surface area contributed by atoms with Crippen molar-refractivity contribution in [3.8, 4) is 5.69 Å². The lowest BCUT2D eigenvalue weighted by Crippen LogP contribution is -2.38. The predicted molar refractivity (Wildman–Crippen MR) is 137 cm³/mol. The normalized spacial score (nSPS) is 13.9. The summed E-state index contributed by atoms with van der Waals surface area (Å²) in [4.78, 5) is 31.6. The molecule has 10 nitrogen and oxygen atoms in total. The van der Waals surface area contributed by atoms with E-state index in [1.807, 2.05) is 12.1 Å². The highest BCUT2D eigenvalue weighted by Crippen LogP contribution is 2.29. The topological polar surface area (TPSA) is 121 Å². The summed E-state index contributed by atoms with van der Waals surface area (Å²) in [5.41, 5.74) is 3.98. The van der Waals surface area contributed by atoms with Gasteiger partial charge in [0.05, 0.1) is 29.9 Å². The molecule has 0 atom stereocenters. The molecular formula is C24H27N7O3S. The number of H-pyrrole nitrogens is 2. The van der Waals surface area contributed by atoms with E-state index in [9.17, 15) is 9.59 Å². The molecule has 11 heteroatoms. The number of ether oxygens (including phenoxy) is 1. The molecule has 1 fully saturated rings. The number of morpholine rings is 1. The number of amides is 1. The summed E-state index contributed by atoms with van der Waals surface area (Å²) >= 11 is 1.51. The minimum atomic E-state index is -0.273. The second kappa shape index (κ2) is 10.4. The summed E-state index contributed by atoms with van der Waals surface area (Å²) in [7, 11) is 0. The molecule has 0 spiro atoms. The molecule has 3 heterocycles. The van der Waals surface area contributed by atoms with Crippen LogP contribution < -0.4 is 15.9 Å². The molecule has 0 aliphatic carbocycles. The lowest BCUT2D eigenvalue weighted by molar-refractivity contribution is -0.115. The van der Waals surface area contributed by atoms with Gasteiger partial charge in [-0.3, -0.25) is 9.36 Å². The van der Waals surface area contributed by atoms with Crippen LogP contribution in [-0.2, 0) is 16.0 Å². The standard InChI is InChI=1S/C24H27N7O3S/c1-2-16-5-3-4-6-20(16)31-23(30-10-12-34-13-11-30)28-29-24(31)35-14-9-21(32)25-17-7-8-18-19(15-17)27-22(33)26-18/h3-8,15H,2,9-14H2,1H3,(H,25,32)(H2,26,27,33). The molecule has 1 aliphatic rings. The number of benzene rings is 2. The number of carbonyl (C=O) groups is 1. The molecule has 5 rings (SSSR count). The zero-order valence-corrected chi connectivity index (χ0v) is 20.2.